The van der Waals surface area contributed by atoms with E-state index in [9.17, 15) is 19.8 Å². The van der Waals surface area contributed by atoms with E-state index in [-0.39, 0.29) is 18.5 Å². The van der Waals surface area contributed by atoms with Crippen molar-refractivity contribution < 1.29 is 24.5 Å². The lowest BCUT2D eigenvalue weighted by atomic mass is 10.0. The van der Waals surface area contributed by atoms with Crippen LogP contribution in [0.25, 0.3) is 0 Å². The van der Waals surface area contributed by atoms with Gasteiger partial charge >= 0.3 is 5.97 Å². The molecule has 0 saturated heterocycles. The maximum atomic E-state index is 12.5. The van der Waals surface area contributed by atoms with E-state index in [1.54, 1.807) is 6.08 Å². The number of rotatable bonds is 74. The number of nitrogens with one attached hydrogen (secondary N) is 1. The first-order valence-corrected chi connectivity index (χ1v) is 39.1. The third-order valence-corrected chi connectivity index (χ3v) is 18.5. The minimum atomic E-state index is -0.840. The second-order valence-electron chi connectivity index (χ2n) is 27.0. The van der Waals surface area contributed by atoms with E-state index in [1.165, 1.54) is 379 Å². The molecule has 0 radical (unpaired) electrons. The van der Waals surface area contributed by atoms with Crippen molar-refractivity contribution in [2.75, 3.05) is 13.2 Å². The molecule has 0 aromatic heterocycles. The number of allylic oxidation sites excluding steroid dienone is 3. The number of hydrogen-bond acceptors (Lipinski definition) is 5. The average molecular weight is 1200 g/mol. The molecule has 2 unspecified atom stereocenters. The molecule has 3 N–H and O–H groups in total. The average Bonchev–Trinajstić information content (AvgIpc) is 3.51. The number of esters is 1. The fraction of sp³-hybridized carbons (Fsp3) is 0.924. The van der Waals surface area contributed by atoms with Crippen molar-refractivity contribution >= 4 is 11.9 Å². The Bertz CT molecular complexity index is 1330. The van der Waals surface area contributed by atoms with Crippen LogP contribution in [0.15, 0.2) is 24.3 Å². The van der Waals surface area contributed by atoms with Crippen molar-refractivity contribution in [3.05, 3.63) is 24.3 Å². The Hall–Kier alpha value is -1.66. The Labute approximate surface area is 532 Å². The molecule has 0 saturated carbocycles. The van der Waals surface area contributed by atoms with E-state index in [4.69, 9.17) is 4.74 Å². The second-order valence-corrected chi connectivity index (χ2v) is 27.0. The number of aliphatic hydroxyl groups excluding tert-OH is 2. The Kier molecular flexibility index (Phi) is 73.3. The molecule has 0 aromatic carbocycles. The topological polar surface area (TPSA) is 95.9 Å². The zero-order valence-corrected chi connectivity index (χ0v) is 57.9. The van der Waals surface area contributed by atoms with Crippen LogP contribution in [0.5, 0.6) is 0 Å². The Morgan fingerprint density at radius 1 is 0.318 bits per heavy atom. The SMILES string of the molecule is CCCCCCCCCCCC/C=C/C(O)C(CO)NC(=O)CCCCCCCCCCCCCCCCCCC/C=C\CCCCCCCCCCCCCCCCCCOC(=O)CCCCCCCCCCCCCCCCCCCCC. The number of carbonyl (C=O) groups excluding carboxylic acids is 2. The van der Waals surface area contributed by atoms with Gasteiger partial charge in [-0.05, 0) is 57.8 Å². The molecule has 0 spiro atoms. The predicted molar refractivity (Wildman–Crippen MR) is 375 cm³/mol. The predicted octanol–water partition coefficient (Wildman–Crippen LogP) is 25.7. The van der Waals surface area contributed by atoms with Crippen LogP contribution in [0.4, 0.5) is 0 Å². The van der Waals surface area contributed by atoms with Crippen LogP contribution < -0.4 is 5.32 Å². The first-order chi connectivity index (χ1) is 42.0. The number of hydrogen-bond donors (Lipinski definition) is 3. The van der Waals surface area contributed by atoms with E-state index in [0.29, 0.717) is 19.4 Å². The number of carbonyl (C=O) groups is 2. The first kappa shape index (κ1) is 83.3. The molecule has 1 amide bonds. The van der Waals surface area contributed by atoms with Crippen LogP contribution in [0, 0.1) is 0 Å². The second kappa shape index (κ2) is 74.8. The van der Waals surface area contributed by atoms with Crippen LogP contribution in [0.2, 0.25) is 0 Å². The summed E-state index contributed by atoms with van der Waals surface area (Å²) < 4.78 is 5.52. The van der Waals surface area contributed by atoms with Gasteiger partial charge in [-0.1, -0.05) is 398 Å². The molecule has 2 atom stereocenters. The monoisotopic (exact) mass is 1200 g/mol. The normalized spacial score (nSPS) is 12.6. The molecule has 6 heteroatoms. The summed E-state index contributed by atoms with van der Waals surface area (Å²) in [4.78, 5) is 24.6. The van der Waals surface area contributed by atoms with Crippen molar-refractivity contribution in [3.63, 3.8) is 0 Å². The summed E-state index contributed by atoms with van der Waals surface area (Å²) in [5.74, 6) is -0.0356. The van der Waals surface area contributed by atoms with Crippen molar-refractivity contribution in [3.8, 4) is 0 Å². The molecule has 0 aromatic rings. The van der Waals surface area contributed by atoms with Crippen LogP contribution in [-0.2, 0) is 14.3 Å². The smallest absolute Gasteiger partial charge is 0.305 e. The molecule has 0 aliphatic heterocycles. The van der Waals surface area contributed by atoms with E-state index >= 15 is 0 Å². The molecule has 0 rings (SSSR count). The third-order valence-electron chi connectivity index (χ3n) is 18.5. The summed E-state index contributed by atoms with van der Waals surface area (Å²) in [6.07, 6.45) is 96.0. The highest BCUT2D eigenvalue weighted by Crippen LogP contribution is 2.20. The van der Waals surface area contributed by atoms with Gasteiger partial charge in [-0.3, -0.25) is 9.59 Å². The van der Waals surface area contributed by atoms with Crippen molar-refractivity contribution in [1.29, 1.82) is 0 Å². The lowest BCUT2D eigenvalue weighted by molar-refractivity contribution is -0.143. The first-order valence-electron chi connectivity index (χ1n) is 39.1. The van der Waals surface area contributed by atoms with Gasteiger partial charge in [0.05, 0.1) is 25.4 Å². The Morgan fingerprint density at radius 2 is 0.553 bits per heavy atom. The van der Waals surface area contributed by atoms with E-state index in [1.807, 2.05) is 6.08 Å². The third kappa shape index (κ3) is 71.3. The summed E-state index contributed by atoms with van der Waals surface area (Å²) in [6, 6.07) is -0.623. The maximum absolute atomic E-state index is 12.5. The van der Waals surface area contributed by atoms with Crippen LogP contribution in [-0.4, -0.2) is 47.4 Å². The van der Waals surface area contributed by atoms with Gasteiger partial charge in [-0.2, -0.15) is 0 Å². The summed E-state index contributed by atoms with van der Waals surface area (Å²) in [5.41, 5.74) is 0. The molecule has 0 bridgehead atoms. The zero-order valence-electron chi connectivity index (χ0n) is 57.9. The molecule has 0 fully saturated rings. The highest BCUT2D eigenvalue weighted by molar-refractivity contribution is 5.76. The highest BCUT2D eigenvalue weighted by atomic mass is 16.5. The fourth-order valence-corrected chi connectivity index (χ4v) is 12.5. The van der Waals surface area contributed by atoms with E-state index < -0.39 is 12.1 Å². The van der Waals surface area contributed by atoms with Gasteiger partial charge in [0.25, 0.3) is 0 Å². The fourth-order valence-electron chi connectivity index (χ4n) is 12.5. The lowest BCUT2D eigenvalue weighted by Crippen LogP contribution is -2.45. The molecule has 6 nitrogen and oxygen atoms in total. The van der Waals surface area contributed by atoms with Gasteiger partial charge in [0.2, 0.25) is 5.91 Å². The van der Waals surface area contributed by atoms with Gasteiger partial charge in [-0.25, -0.2) is 0 Å². The number of ether oxygens (including phenoxy) is 1. The van der Waals surface area contributed by atoms with Gasteiger partial charge < -0.3 is 20.3 Å². The van der Waals surface area contributed by atoms with E-state index in [0.717, 1.165) is 38.5 Å². The highest BCUT2D eigenvalue weighted by Gasteiger charge is 2.18. The summed E-state index contributed by atoms with van der Waals surface area (Å²) in [7, 11) is 0. The number of unbranched alkanes of at least 4 members (excludes halogenated alkanes) is 61. The van der Waals surface area contributed by atoms with Gasteiger partial charge in [0.1, 0.15) is 0 Å². The largest absolute Gasteiger partial charge is 0.466 e. The molecular weight excluding hydrogens is 1040 g/mol. The standard InChI is InChI=1S/C79H153NO5/c1-3-5-7-9-11-13-15-17-18-19-39-43-46-49-53-57-61-65-69-73-79(84)85-74-70-66-62-58-54-50-47-44-41-38-36-34-32-30-28-26-24-22-20-21-23-25-27-29-31-33-35-37-40-42-45-48-52-56-60-64-68-72-78(83)80-76(75-81)77(82)71-67-63-59-55-51-16-14-12-10-8-6-4-2/h20,22,67,71,76-77,81-82H,3-19,21,23-66,68-70,72-75H2,1-2H3,(H,80,83)/b22-20-,71-67+. The quantitative estimate of drug-likeness (QED) is 0.0320. The molecule has 0 aliphatic rings. The molecule has 0 heterocycles. The summed E-state index contributed by atoms with van der Waals surface area (Å²) in [6.45, 7) is 4.94. The van der Waals surface area contributed by atoms with Gasteiger partial charge in [0, 0.05) is 12.8 Å². The van der Waals surface area contributed by atoms with Crippen LogP contribution >= 0.6 is 0 Å². The van der Waals surface area contributed by atoms with E-state index in [2.05, 4.69) is 31.3 Å². The maximum Gasteiger partial charge on any atom is 0.305 e. The number of aliphatic hydroxyl groups is 2. The van der Waals surface area contributed by atoms with Crippen LogP contribution in [0.1, 0.15) is 444 Å². The van der Waals surface area contributed by atoms with Crippen molar-refractivity contribution in [2.45, 2.75) is 456 Å². The molecule has 504 valence electrons. The Balaban J connectivity index is 3.30. The number of amides is 1. The zero-order chi connectivity index (χ0) is 61.3. The Morgan fingerprint density at radius 3 is 0.835 bits per heavy atom. The van der Waals surface area contributed by atoms with Gasteiger partial charge in [0.15, 0.2) is 0 Å². The minimum absolute atomic E-state index is 0.0269. The van der Waals surface area contributed by atoms with Crippen molar-refractivity contribution in [2.24, 2.45) is 0 Å². The minimum Gasteiger partial charge on any atom is -0.466 e. The van der Waals surface area contributed by atoms with Crippen LogP contribution in [0.3, 0.4) is 0 Å². The molecule has 85 heavy (non-hydrogen) atoms. The lowest BCUT2D eigenvalue weighted by Gasteiger charge is -2.20. The molecule has 0 aliphatic carbocycles. The molecular formula is C79H153NO5. The van der Waals surface area contributed by atoms with Crippen molar-refractivity contribution in [1.82, 2.24) is 5.32 Å². The van der Waals surface area contributed by atoms with Gasteiger partial charge in [-0.15, -0.1) is 0 Å². The summed E-state index contributed by atoms with van der Waals surface area (Å²) >= 11 is 0. The summed E-state index contributed by atoms with van der Waals surface area (Å²) in [5, 5.41) is 23.1.